The second-order valence-corrected chi connectivity index (χ2v) is 7.91. The molecule has 2 heterocycles. The van der Waals surface area contributed by atoms with Gasteiger partial charge in [-0.25, -0.2) is 0 Å². The van der Waals surface area contributed by atoms with Gasteiger partial charge in [0.15, 0.2) is 0 Å². The summed E-state index contributed by atoms with van der Waals surface area (Å²) in [5, 5.41) is 7.36. The number of carbonyl (C=O) groups is 1. The lowest BCUT2D eigenvalue weighted by Crippen LogP contribution is -2.47. The van der Waals surface area contributed by atoms with Gasteiger partial charge in [0, 0.05) is 44.7 Å². The zero-order chi connectivity index (χ0) is 18.4. The Morgan fingerprint density at radius 1 is 1.27 bits per heavy atom. The molecule has 0 unspecified atom stereocenters. The van der Waals surface area contributed by atoms with E-state index >= 15 is 0 Å². The van der Waals surface area contributed by atoms with Crippen molar-refractivity contribution in [2.75, 3.05) is 50.7 Å². The van der Waals surface area contributed by atoms with E-state index in [0.717, 1.165) is 75.8 Å². The van der Waals surface area contributed by atoms with Gasteiger partial charge in [-0.1, -0.05) is 23.7 Å². The Balaban J connectivity index is 1.32. The Hall–Kier alpha value is -1.30. The molecule has 2 N–H and O–H groups in total. The average molecular weight is 379 g/mol. The number of piperidine rings is 1. The van der Waals surface area contributed by atoms with Crippen molar-refractivity contribution in [3.05, 3.63) is 29.3 Å². The minimum atomic E-state index is 0.186. The van der Waals surface area contributed by atoms with Crippen LogP contribution in [0.3, 0.4) is 0 Å². The molecule has 5 nitrogen and oxygen atoms in total. The Bertz CT molecular complexity index is 589. The van der Waals surface area contributed by atoms with Crippen molar-refractivity contribution in [1.29, 1.82) is 0 Å². The van der Waals surface area contributed by atoms with E-state index in [9.17, 15) is 4.79 Å². The minimum Gasteiger partial charge on any atom is -0.368 e. The number of nitrogens with one attached hydrogen (secondary N) is 2. The molecule has 0 radical (unpaired) electrons. The zero-order valence-electron chi connectivity index (χ0n) is 15.7. The lowest BCUT2D eigenvalue weighted by atomic mass is 9.92. The number of nitrogens with zero attached hydrogens (tertiary/aromatic N) is 2. The second-order valence-electron chi connectivity index (χ2n) is 7.50. The van der Waals surface area contributed by atoms with Gasteiger partial charge in [-0.05, 0) is 51.4 Å². The zero-order valence-corrected chi connectivity index (χ0v) is 16.5. The lowest BCUT2D eigenvalue weighted by molar-refractivity contribution is -0.126. The van der Waals surface area contributed by atoms with Gasteiger partial charge in [0.25, 0.3) is 0 Å². The highest BCUT2D eigenvalue weighted by Crippen LogP contribution is 2.26. The second kappa shape index (κ2) is 9.58. The van der Waals surface area contributed by atoms with E-state index < -0.39 is 0 Å². The molecular formula is C20H31ClN4O. The van der Waals surface area contributed by atoms with Gasteiger partial charge in [0.2, 0.25) is 5.91 Å². The number of para-hydroxylation sites is 1. The van der Waals surface area contributed by atoms with Gasteiger partial charge in [0.05, 0.1) is 10.7 Å². The molecule has 6 heteroatoms. The summed E-state index contributed by atoms with van der Waals surface area (Å²) >= 11 is 6.30. The van der Waals surface area contributed by atoms with Crippen LogP contribution in [0.1, 0.15) is 26.2 Å². The van der Waals surface area contributed by atoms with Gasteiger partial charge in [-0.2, -0.15) is 0 Å². The number of benzene rings is 1. The summed E-state index contributed by atoms with van der Waals surface area (Å²) in [6.45, 7) is 9.03. The van der Waals surface area contributed by atoms with Crippen molar-refractivity contribution in [1.82, 2.24) is 15.5 Å². The molecule has 1 aromatic carbocycles. The quantitative estimate of drug-likeness (QED) is 0.746. The van der Waals surface area contributed by atoms with E-state index in [1.807, 2.05) is 18.2 Å². The Kier molecular flexibility index (Phi) is 7.17. The first-order chi connectivity index (χ1) is 12.6. The molecule has 1 amide bonds. The van der Waals surface area contributed by atoms with Crippen LogP contribution in [0.2, 0.25) is 5.02 Å². The van der Waals surface area contributed by atoms with Crippen LogP contribution in [-0.4, -0.2) is 62.7 Å². The van der Waals surface area contributed by atoms with Crippen molar-refractivity contribution in [2.24, 2.45) is 5.92 Å². The Morgan fingerprint density at radius 2 is 2.04 bits per heavy atom. The fourth-order valence-electron chi connectivity index (χ4n) is 3.95. The van der Waals surface area contributed by atoms with E-state index in [0.29, 0.717) is 6.04 Å². The summed E-state index contributed by atoms with van der Waals surface area (Å²) in [5.74, 6) is 0.423. The third-order valence-corrected chi connectivity index (χ3v) is 5.83. The minimum absolute atomic E-state index is 0.186. The normalized spacial score (nSPS) is 24.5. The van der Waals surface area contributed by atoms with E-state index in [1.54, 1.807) is 0 Å². The number of halogens is 1. The first-order valence-electron chi connectivity index (χ1n) is 9.86. The lowest BCUT2D eigenvalue weighted by Gasteiger charge is -2.36. The summed E-state index contributed by atoms with van der Waals surface area (Å²) < 4.78 is 0. The van der Waals surface area contributed by atoms with E-state index in [1.165, 1.54) is 0 Å². The molecule has 144 valence electrons. The topological polar surface area (TPSA) is 47.6 Å². The Labute approximate surface area is 162 Å². The SMILES string of the molecule is C[C@H]1C[C@@H](C(=O)NCCCN2CCN(c3ccccc3Cl)CC2)CCN1. The maximum Gasteiger partial charge on any atom is 0.223 e. The first-order valence-corrected chi connectivity index (χ1v) is 10.2. The van der Waals surface area contributed by atoms with Crippen molar-refractivity contribution in [3.8, 4) is 0 Å². The first kappa shape index (κ1) is 19.5. The average Bonchev–Trinajstić information content (AvgIpc) is 2.66. The molecule has 2 aliphatic rings. The van der Waals surface area contributed by atoms with Crippen LogP contribution in [0.5, 0.6) is 0 Å². The monoisotopic (exact) mass is 378 g/mol. The van der Waals surface area contributed by atoms with Crippen LogP contribution in [0.25, 0.3) is 0 Å². The van der Waals surface area contributed by atoms with Crippen LogP contribution in [-0.2, 0) is 4.79 Å². The molecule has 0 spiro atoms. The molecule has 1 aromatic rings. The number of carbonyl (C=O) groups excluding carboxylic acids is 1. The van der Waals surface area contributed by atoms with E-state index in [2.05, 4.69) is 33.4 Å². The van der Waals surface area contributed by atoms with Crippen molar-refractivity contribution >= 4 is 23.2 Å². The van der Waals surface area contributed by atoms with E-state index in [-0.39, 0.29) is 11.8 Å². The van der Waals surface area contributed by atoms with Gasteiger partial charge >= 0.3 is 0 Å². The third-order valence-electron chi connectivity index (χ3n) is 5.51. The fourth-order valence-corrected chi connectivity index (χ4v) is 4.20. The van der Waals surface area contributed by atoms with Crippen LogP contribution in [0.4, 0.5) is 5.69 Å². The molecule has 26 heavy (non-hydrogen) atoms. The summed E-state index contributed by atoms with van der Waals surface area (Å²) in [6.07, 6.45) is 2.92. The Morgan fingerprint density at radius 3 is 2.77 bits per heavy atom. The number of amides is 1. The summed E-state index contributed by atoms with van der Waals surface area (Å²) in [6, 6.07) is 8.51. The number of rotatable bonds is 6. The highest BCUT2D eigenvalue weighted by atomic mass is 35.5. The molecular weight excluding hydrogens is 348 g/mol. The number of hydrogen-bond donors (Lipinski definition) is 2. The highest BCUT2D eigenvalue weighted by Gasteiger charge is 2.24. The van der Waals surface area contributed by atoms with Crippen molar-refractivity contribution in [2.45, 2.75) is 32.2 Å². The molecule has 2 fully saturated rings. The highest BCUT2D eigenvalue weighted by molar-refractivity contribution is 6.33. The maximum atomic E-state index is 12.3. The predicted molar refractivity (Wildman–Crippen MR) is 108 cm³/mol. The van der Waals surface area contributed by atoms with Crippen LogP contribution in [0.15, 0.2) is 24.3 Å². The number of anilines is 1. The fraction of sp³-hybridized carbons (Fsp3) is 0.650. The van der Waals surface area contributed by atoms with Crippen molar-refractivity contribution < 1.29 is 4.79 Å². The van der Waals surface area contributed by atoms with Crippen molar-refractivity contribution in [3.63, 3.8) is 0 Å². The maximum absolute atomic E-state index is 12.3. The summed E-state index contributed by atoms with van der Waals surface area (Å²) in [4.78, 5) is 17.1. The molecule has 0 saturated carbocycles. The van der Waals surface area contributed by atoms with Gasteiger partial charge in [-0.15, -0.1) is 0 Å². The molecule has 0 bridgehead atoms. The van der Waals surface area contributed by atoms with Gasteiger partial charge < -0.3 is 15.5 Å². The molecule has 2 saturated heterocycles. The smallest absolute Gasteiger partial charge is 0.223 e. The third kappa shape index (κ3) is 5.35. The molecule has 2 atom stereocenters. The summed E-state index contributed by atoms with van der Waals surface area (Å²) in [7, 11) is 0. The molecule has 3 rings (SSSR count). The van der Waals surface area contributed by atoms with E-state index in [4.69, 9.17) is 11.6 Å². The van der Waals surface area contributed by atoms with Gasteiger partial charge in [0.1, 0.15) is 0 Å². The largest absolute Gasteiger partial charge is 0.368 e. The molecule has 2 aliphatic heterocycles. The summed E-state index contributed by atoms with van der Waals surface area (Å²) in [5.41, 5.74) is 1.14. The van der Waals surface area contributed by atoms with Crippen LogP contribution >= 0.6 is 11.6 Å². The molecule has 0 aliphatic carbocycles. The predicted octanol–water partition coefficient (Wildman–Crippen LogP) is 2.36. The van der Waals surface area contributed by atoms with Crippen LogP contribution < -0.4 is 15.5 Å². The van der Waals surface area contributed by atoms with Gasteiger partial charge in [-0.3, -0.25) is 9.69 Å². The number of piperazine rings is 1. The molecule has 0 aromatic heterocycles. The number of hydrogen-bond acceptors (Lipinski definition) is 4. The standard InChI is InChI=1S/C20H31ClN4O/c1-16-15-17(7-9-22-16)20(26)23-8-4-10-24-11-13-25(14-12-24)19-6-3-2-5-18(19)21/h2-3,5-6,16-17,22H,4,7-15H2,1H3,(H,23,26)/t16-,17-/m0/s1. The van der Waals surface area contributed by atoms with Crippen LogP contribution in [0, 0.1) is 5.92 Å².